The van der Waals surface area contributed by atoms with Gasteiger partial charge in [0.05, 0.1) is 22.8 Å². The first-order valence-corrected chi connectivity index (χ1v) is 9.09. The Morgan fingerprint density at radius 2 is 1.78 bits per heavy atom. The van der Waals surface area contributed by atoms with E-state index in [1.807, 2.05) is 0 Å². The standard InChI is InChI=1S/C21H12F6N4O/c1-11-7-15-16(6-5-13(9-28)18(15)21(25,26)27)31(11)10-17-29-19(30-32-17)12-3-2-4-14(8-12)20(22,23)24/h2-8H,10H2,1H3. The number of benzene rings is 2. The van der Waals surface area contributed by atoms with E-state index >= 15 is 0 Å². The van der Waals surface area contributed by atoms with Crippen LogP contribution in [-0.2, 0) is 18.9 Å². The van der Waals surface area contributed by atoms with Crippen LogP contribution in [0, 0.1) is 18.3 Å². The maximum absolute atomic E-state index is 13.6. The van der Waals surface area contributed by atoms with Crippen LogP contribution in [-0.4, -0.2) is 14.7 Å². The Labute approximate surface area is 176 Å². The van der Waals surface area contributed by atoms with Gasteiger partial charge in [-0.05, 0) is 37.3 Å². The molecule has 5 nitrogen and oxygen atoms in total. The molecule has 2 aromatic carbocycles. The normalized spacial score (nSPS) is 12.3. The summed E-state index contributed by atoms with van der Waals surface area (Å²) in [5.74, 6) is -0.0844. The van der Waals surface area contributed by atoms with Gasteiger partial charge in [-0.3, -0.25) is 0 Å². The summed E-state index contributed by atoms with van der Waals surface area (Å²) in [7, 11) is 0. The smallest absolute Gasteiger partial charge is 0.337 e. The largest absolute Gasteiger partial charge is 0.418 e. The van der Waals surface area contributed by atoms with Gasteiger partial charge in [0, 0.05) is 22.2 Å². The van der Waals surface area contributed by atoms with E-state index in [0.29, 0.717) is 5.69 Å². The third kappa shape index (κ3) is 3.79. The molecule has 0 radical (unpaired) electrons. The van der Waals surface area contributed by atoms with Crippen molar-refractivity contribution in [2.24, 2.45) is 0 Å². The average molecular weight is 450 g/mol. The van der Waals surface area contributed by atoms with Gasteiger partial charge >= 0.3 is 12.4 Å². The molecule has 0 bridgehead atoms. The Morgan fingerprint density at radius 1 is 1.03 bits per heavy atom. The van der Waals surface area contributed by atoms with Crippen molar-refractivity contribution < 1.29 is 30.9 Å². The number of rotatable bonds is 3. The molecule has 0 saturated carbocycles. The van der Waals surface area contributed by atoms with Crippen molar-refractivity contribution in [1.29, 1.82) is 5.26 Å². The number of aryl methyl sites for hydroxylation is 1. The van der Waals surface area contributed by atoms with Crippen LogP contribution >= 0.6 is 0 Å². The first-order valence-electron chi connectivity index (χ1n) is 9.09. The van der Waals surface area contributed by atoms with Crippen LogP contribution < -0.4 is 0 Å². The predicted octanol–water partition coefficient (Wildman–Crippen LogP) is 5.96. The van der Waals surface area contributed by atoms with Gasteiger partial charge in [-0.15, -0.1) is 0 Å². The summed E-state index contributed by atoms with van der Waals surface area (Å²) < 4.78 is 86.1. The van der Waals surface area contributed by atoms with E-state index in [-0.39, 0.29) is 34.7 Å². The van der Waals surface area contributed by atoms with Crippen LogP contribution in [0.5, 0.6) is 0 Å². The Morgan fingerprint density at radius 3 is 2.44 bits per heavy atom. The van der Waals surface area contributed by atoms with E-state index in [9.17, 15) is 26.3 Å². The van der Waals surface area contributed by atoms with Crippen LogP contribution in [0.4, 0.5) is 26.3 Å². The molecule has 11 heteroatoms. The second kappa shape index (κ2) is 7.40. The SMILES string of the molecule is Cc1cc2c(C(F)(F)F)c(C#N)ccc2n1Cc1nc(-c2cccc(C(F)(F)F)c2)no1. The monoisotopic (exact) mass is 450 g/mol. The van der Waals surface area contributed by atoms with Crippen molar-refractivity contribution >= 4 is 10.9 Å². The lowest BCUT2D eigenvalue weighted by molar-refractivity contribution is -0.138. The molecule has 0 spiro atoms. The number of hydrogen-bond donors (Lipinski definition) is 0. The molecule has 0 amide bonds. The Hall–Kier alpha value is -3.81. The molecule has 164 valence electrons. The molecule has 0 aliphatic heterocycles. The second-order valence-electron chi connectivity index (χ2n) is 6.99. The number of alkyl halides is 6. The molecular formula is C21H12F6N4O. The number of fused-ring (bicyclic) bond motifs is 1. The first-order chi connectivity index (χ1) is 15.0. The topological polar surface area (TPSA) is 67.6 Å². The quantitative estimate of drug-likeness (QED) is 0.362. The van der Waals surface area contributed by atoms with E-state index in [1.165, 1.54) is 28.8 Å². The molecule has 4 rings (SSSR count). The number of hydrogen-bond acceptors (Lipinski definition) is 4. The lowest BCUT2D eigenvalue weighted by Crippen LogP contribution is -2.09. The van der Waals surface area contributed by atoms with Crippen molar-refractivity contribution in [3.8, 4) is 17.5 Å². The third-order valence-electron chi connectivity index (χ3n) is 4.91. The fourth-order valence-electron chi connectivity index (χ4n) is 3.48. The maximum atomic E-state index is 13.6. The molecule has 0 fully saturated rings. The minimum atomic E-state index is -4.73. The third-order valence-corrected chi connectivity index (χ3v) is 4.91. The summed E-state index contributed by atoms with van der Waals surface area (Å²) >= 11 is 0. The summed E-state index contributed by atoms with van der Waals surface area (Å²) in [5.41, 5.74) is -1.67. The molecule has 2 aromatic heterocycles. The highest BCUT2D eigenvalue weighted by Gasteiger charge is 2.36. The minimum absolute atomic E-state index is 0.00377. The molecular weight excluding hydrogens is 438 g/mol. The van der Waals surface area contributed by atoms with Gasteiger partial charge in [-0.1, -0.05) is 17.3 Å². The number of nitrogens with zero attached hydrogens (tertiary/aromatic N) is 4. The second-order valence-corrected chi connectivity index (χ2v) is 6.99. The van der Waals surface area contributed by atoms with Gasteiger partial charge in [0.15, 0.2) is 0 Å². The molecule has 4 aromatic rings. The Bertz CT molecular complexity index is 1360. The van der Waals surface area contributed by atoms with Crippen molar-refractivity contribution in [3.63, 3.8) is 0 Å². The van der Waals surface area contributed by atoms with E-state index < -0.39 is 29.0 Å². The van der Waals surface area contributed by atoms with E-state index in [4.69, 9.17) is 9.78 Å². The van der Waals surface area contributed by atoms with Gasteiger partial charge in [0.25, 0.3) is 0 Å². The average Bonchev–Trinajstić information content (AvgIpc) is 3.31. The number of aromatic nitrogens is 3. The zero-order valence-corrected chi connectivity index (χ0v) is 16.2. The highest BCUT2D eigenvalue weighted by Crippen LogP contribution is 2.38. The van der Waals surface area contributed by atoms with Gasteiger partial charge in [-0.25, -0.2) is 0 Å². The zero-order chi connectivity index (χ0) is 23.3. The van der Waals surface area contributed by atoms with Crippen LogP contribution in [0.3, 0.4) is 0 Å². The zero-order valence-electron chi connectivity index (χ0n) is 16.2. The first kappa shape index (κ1) is 21.4. The predicted molar refractivity (Wildman–Crippen MR) is 100 cm³/mol. The van der Waals surface area contributed by atoms with Crippen LogP contribution in [0.2, 0.25) is 0 Å². The summed E-state index contributed by atoms with van der Waals surface area (Å²) in [6, 6.07) is 9.73. The van der Waals surface area contributed by atoms with Crippen LogP contribution in [0.15, 0.2) is 47.0 Å². The molecule has 0 saturated heterocycles. The number of halogens is 6. The van der Waals surface area contributed by atoms with Crippen molar-refractivity contribution in [2.75, 3.05) is 0 Å². The molecule has 0 aliphatic carbocycles. The molecule has 2 heterocycles. The van der Waals surface area contributed by atoms with Crippen molar-refractivity contribution in [3.05, 3.63) is 70.7 Å². The number of nitriles is 1. The summed E-state index contributed by atoms with van der Waals surface area (Å²) in [6.07, 6.45) is -9.27. The van der Waals surface area contributed by atoms with Gasteiger partial charge in [0.2, 0.25) is 11.7 Å². The molecule has 0 N–H and O–H groups in total. The highest BCUT2D eigenvalue weighted by molar-refractivity contribution is 5.87. The lowest BCUT2D eigenvalue weighted by Gasteiger charge is -2.11. The molecule has 32 heavy (non-hydrogen) atoms. The summed E-state index contributed by atoms with van der Waals surface area (Å²) in [5, 5.41) is 12.6. The molecule has 0 atom stereocenters. The van der Waals surface area contributed by atoms with Gasteiger partial charge < -0.3 is 9.09 Å². The van der Waals surface area contributed by atoms with Gasteiger partial charge in [-0.2, -0.15) is 36.6 Å². The molecule has 0 aliphatic rings. The Kier molecular flexibility index (Phi) is 4.96. The van der Waals surface area contributed by atoms with Crippen molar-refractivity contribution in [2.45, 2.75) is 25.8 Å². The fourth-order valence-corrected chi connectivity index (χ4v) is 3.48. The maximum Gasteiger partial charge on any atom is 0.418 e. The lowest BCUT2D eigenvalue weighted by atomic mass is 10.0. The minimum Gasteiger partial charge on any atom is -0.337 e. The van der Waals surface area contributed by atoms with Crippen LogP contribution in [0.25, 0.3) is 22.3 Å². The van der Waals surface area contributed by atoms with E-state index in [0.717, 1.165) is 18.2 Å². The van der Waals surface area contributed by atoms with Gasteiger partial charge in [0.1, 0.15) is 6.54 Å². The fraction of sp³-hybridized carbons (Fsp3) is 0.190. The summed E-state index contributed by atoms with van der Waals surface area (Å²) in [4.78, 5) is 4.09. The highest BCUT2D eigenvalue weighted by atomic mass is 19.4. The van der Waals surface area contributed by atoms with Crippen LogP contribution in [0.1, 0.15) is 28.3 Å². The van der Waals surface area contributed by atoms with E-state index in [1.54, 1.807) is 13.0 Å². The summed E-state index contributed by atoms with van der Waals surface area (Å²) in [6.45, 7) is 1.47. The van der Waals surface area contributed by atoms with E-state index in [2.05, 4.69) is 10.1 Å². The Balaban J connectivity index is 1.73. The molecule has 0 unspecified atom stereocenters. The van der Waals surface area contributed by atoms with Crippen molar-refractivity contribution in [1.82, 2.24) is 14.7 Å².